The van der Waals surface area contributed by atoms with Crippen molar-refractivity contribution in [1.29, 1.82) is 0 Å². The van der Waals surface area contributed by atoms with Crippen LogP contribution in [0.1, 0.15) is 16.5 Å². The van der Waals surface area contributed by atoms with Gasteiger partial charge in [0.1, 0.15) is 10.4 Å². The van der Waals surface area contributed by atoms with Gasteiger partial charge in [-0.3, -0.25) is 10.4 Å². The third-order valence-corrected chi connectivity index (χ3v) is 4.57. The topological polar surface area (TPSA) is 37.3 Å². The predicted molar refractivity (Wildman–Crippen MR) is 80.7 cm³/mol. The SMILES string of the molecule is Clc1ccc(C2=NNC(c3cccnc3)S2)cc1Cl. The third kappa shape index (κ3) is 2.71. The number of nitrogens with one attached hydrogen (secondary N) is 1. The fraction of sp³-hybridized carbons (Fsp3) is 0.0769. The fourth-order valence-electron chi connectivity index (χ4n) is 1.72. The quantitative estimate of drug-likeness (QED) is 0.908. The highest BCUT2D eigenvalue weighted by Crippen LogP contribution is 2.35. The van der Waals surface area contributed by atoms with Crippen LogP contribution in [0.3, 0.4) is 0 Å². The van der Waals surface area contributed by atoms with E-state index in [0.29, 0.717) is 10.0 Å². The number of rotatable bonds is 2. The van der Waals surface area contributed by atoms with Crippen LogP contribution in [0.25, 0.3) is 0 Å². The molecule has 1 aromatic heterocycles. The van der Waals surface area contributed by atoms with Crippen LogP contribution in [0.2, 0.25) is 10.0 Å². The molecule has 1 aliphatic heterocycles. The number of hydrogen-bond acceptors (Lipinski definition) is 4. The smallest absolute Gasteiger partial charge is 0.126 e. The average molecular weight is 310 g/mol. The molecule has 1 atom stereocenters. The van der Waals surface area contributed by atoms with Crippen LogP contribution < -0.4 is 5.43 Å². The number of thioether (sulfide) groups is 1. The van der Waals surface area contributed by atoms with Gasteiger partial charge in [0, 0.05) is 23.5 Å². The van der Waals surface area contributed by atoms with Crippen LogP contribution in [0.5, 0.6) is 0 Å². The number of hydrazone groups is 1. The minimum absolute atomic E-state index is 0.0816. The molecule has 6 heteroatoms. The summed E-state index contributed by atoms with van der Waals surface area (Å²) in [6.07, 6.45) is 3.59. The van der Waals surface area contributed by atoms with Crippen molar-refractivity contribution in [3.8, 4) is 0 Å². The lowest BCUT2D eigenvalue weighted by Gasteiger charge is -2.08. The zero-order valence-corrected chi connectivity index (χ0v) is 12.0. The van der Waals surface area contributed by atoms with E-state index in [1.54, 1.807) is 24.0 Å². The van der Waals surface area contributed by atoms with E-state index in [4.69, 9.17) is 23.2 Å². The molecule has 1 unspecified atom stereocenters. The van der Waals surface area contributed by atoms with Gasteiger partial charge in [0.05, 0.1) is 10.0 Å². The summed E-state index contributed by atoms with van der Waals surface area (Å²) in [5, 5.41) is 6.39. The maximum absolute atomic E-state index is 6.02. The highest BCUT2D eigenvalue weighted by molar-refractivity contribution is 8.14. The highest BCUT2D eigenvalue weighted by atomic mass is 35.5. The first-order valence-corrected chi connectivity index (χ1v) is 7.23. The van der Waals surface area contributed by atoms with E-state index < -0.39 is 0 Å². The highest BCUT2D eigenvalue weighted by Gasteiger charge is 2.22. The second-order valence-corrected chi connectivity index (χ2v) is 5.87. The van der Waals surface area contributed by atoms with Gasteiger partial charge in [-0.2, -0.15) is 5.10 Å². The Labute approximate surface area is 125 Å². The first kappa shape index (κ1) is 12.8. The Bertz CT molecular complexity index is 631. The molecular weight excluding hydrogens is 301 g/mol. The van der Waals surface area contributed by atoms with Crippen LogP contribution in [0, 0.1) is 0 Å². The lowest BCUT2D eigenvalue weighted by atomic mass is 10.2. The summed E-state index contributed by atoms with van der Waals surface area (Å²) < 4.78 is 0. The Hall–Kier alpha value is -1.23. The molecule has 0 radical (unpaired) electrons. The van der Waals surface area contributed by atoms with Crippen molar-refractivity contribution in [1.82, 2.24) is 10.4 Å². The first-order valence-electron chi connectivity index (χ1n) is 5.59. The summed E-state index contributed by atoms with van der Waals surface area (Å²) >= 11 is 13.6. The third-order valence-electron chi connectivity index (χ3n) is 2.67. The standard InChI is InChI=1S/C13H9Cl2N3S/c14-10-4-3-8(6-11(10)15)12-17-18-13(19-12)9-2-1-5-16-7-9/h1-7,13,18H. The monoisotopic (exact) mass is 309 g/mol. The van der Waals surface area contributed by atoms with Gasteiger partial charge in [-0.15, -0.1) is 0 Å². The van der Waals surface area contributed by atoms with Crippen molar-refractivity contribution < 1.29 is 0 Å². The Morgan fingerprint density at radius 1 is 1.16 bits per heavy atom. The van der Waals surface area contributed by atoms with E-state index in [2.05, 4.69) is 15.5 Å². The number of hydrogen-bond donors (Lipinski definition) is 1. The van der Waals surface area contributed by atoms with Gasteiger partial charge in [0.2, 0.25) is 0 Å². The molecule has 0 spiro atoms. The lowest BCUT2D eigenvalue weighted by molar-refractivity contribution is 0.741. The largest absolute Gasteiger partial charge is 0.291 e. The summed E-state index contributed by atoms with van der Waals surface area (Å²) in [4.78, 5) is 4.11. The zero-order chi connectivity index (χ0) is 13.2. The van der Waals surface area contributed by atoms with Crippen LogP contribution in [-0.2, 0) is 0 Å². The molecule has 0 aliphatic carbocycles. The van der Waals surface area contributed by atoms with E-state index in [0.717, 1.165) is 16.2 Å². The molecule has 3 rings (SSSR count). The molecule has 1 N–H and O–H groups in total. The van der Waals surface area contributed by atoms with Crippen molar-refractivity contribution in [2.24, 2.45) is 5.10 Å². The van der Waals surface area contributed by atoms with Crippen molar-refractivity contribution in [2.45, 2.75) is 5.37 Å². The number of nitrogens with zero attached hydrogens (tertiary/aromatic N) is 2. The van der Waals surface area contributed by atoms with E-state index >= 15 is 0 Å². The Balaban J connectivity index is 1.80. The molecule has 96 valence electrons. The van der Waals surface area contributed by atoms with Gasteiger partial charge in [-0.05, 0) is 18.2 Å². The Morgan fingerprint density at radius 3 is 2.79 bits per heavy atom. The van der Waals surface area contributed by atoms with Crippen LogP contribution in [-0.4, -0.2) is 10.0 Å². The molecule has 3 nitrogen and oxygen atoms in total. The van der Waals surface area contributed by atoms with E-state index in [9.17, 15) is 0 Å². The summed E-state index contributed by atoms with van der Waals surface area (Å²) in [7, 11) is 0. The second kappa shape index (κ2) is 5.41. The van der Waals surface area contributed by atoms with Gasteiger partial charge in [-0.25, -0.2) is 0 Å². The van der Waals surface area contributed by atoms with Crippen LogP contribution >= 0.6 is 35.0 Å². The minimum atomic E-state index is 0.0816. The Kier molecular flexibility index (Phi) is 3.64. The first-order chi connectivity index (χ1) is 9.24. The molecule has 2 aromatic rings. The van der Waals surface area contributed by atoms with Gasteiger partial charge in [0.15, 0.2) is 0 Å². The van der Waals surface area contributed by atoms with Crippen molar-refractivity contribution >= 4 is 40.0 Å². The maximum atomic E-state index is 6.02. The average Bonchev–Trinajstić information content (AvgIpc) is 2.93. The van der Waals surface area contributed by atoms with Gasteiger partial charge < -0.3 is 0 Å². The number of aromatic nitrogens is 1. The van der Waals surface area contributed by atoms with Crippen molar-refractivity contribution in [2.75, 3.05) is 0 Å². The maximum Gasteiger partial charge on any atom is 0.126 e. The van der Waals surface area contributed by atoms with E-state index in [1.165, 1.54) is 0 Å². The summed E-state index contributed by atoms with van der Waals surface area (Å²) in [5.41, 5.74) is 5.14. The summed E-state index contributed by atoms with van der Waals surface area (Å²) in [6.45, 7) is 0. The molecule has 2 heterocycles. The van der Waals surface area contributed by atoms with Crippen LogP contribution in [0.4, 0.5) is 0 Å². The molecular formula is C13H9Cl2N3S. The van der Waals surface area contributed by atoms with E-state index in [-0.39, 0.29) is 5.37 Å². The van der Waals surface area contributed by atoms with Gasteiger partial charge in [0.25, 0.3) is 0 Å². The Morgan fingerprint density at radius 2 is 2.05 bits per heavy atom. The lowest BCUT2D eigenvalue weighted by Crippen LogP contribution is -2.06. The molecule has 19 heavy (non-hydrogen) atoms. The summed E-state index contributed by atoms with van der Waals surface area (Å²) in [6, 6.07) is 9.44. The van der Waals surface area contributed by atoms with Crippen molar-refractivity contribution in [3.63, 3.8) is 0 Å². The number of pyridine rings is 1. The molecule has 0 amide bonds. The minimum Gasteiger partial charge on any atom is -0.291 e. The molecule has 0 bridgehead atoms. The second-order valence-electron chi connectivity index (χ2n) is 3.96. The normalized spacial score (nSPS) is 18.0. The van der Waals surface area contributed by atoms with Gasteiger partial charge >= 0.3 is 0 Å². The molecule has 0 saturated heterocycles. The van der Waals surface area contributed by atoms with E-state index in [1.807, 2.05) is 30.5 Å². The molecule has 1 aliphatic rings. The molecule has 0 saturated carbocycles. The van der Waals surface area contributed by atoms with Crippen LogP contribution in [0.15, 0.2) is 47.8 Å². The fourth-order valence-corrected chi connectivity index (χ4v) is 2.99. The zero-order valence-electron chi connectivity index (χ0n) is 9.68. The van der Waals surface area contributed by atoms with Gasteiger partial charge in [-0.1, -0.05) is 47.1 Å². The number of benzene rings is 1. The predicted octanol–water partition coefficient (Wildman–Crippen LogP) is 4.09. The van der Waals surface area contributed by atoms with Crippen molar-refractivity contribution in [3.05, 3.63) is 63.9 Å². The molecule has 0 fully saturated rings. The number of halogens is 2. The summed E-state index contributed by atoms with van der Waals surface area (Å²) in [5.74, 6) is 0. The molecule has 1 aromatic carbocycles.